The van der Waals surface area contributed by atoms with Crippen LogP contribution in [0.4, 0.5) is 4.39 Å². The van der Waals surface area contributed by atoms with Crippen molar-refractivity contribution in [1.29, 1.82) is 0 Å². The highest BCUT2D eigenvalue weighted by Gasteiger charge is 2.27. The second-order valence-electron chi connectivity index (χ2n) is 7.07. The van der Waals surface area contributed by atoms with Crippen LogP contribution in [0.2, 0.25) is 10.0 Å². The molecule has 7 heteroatoms. The average molecular weight is 439 g/mol. The Kier molecular flexibility index (Phi) is 8.47. The van der Waals surface area contributed by atoms with Gasteiger partial charge in [0, 0.05) is 12.6 Å². The van der Waals surface area contributed by atoms with Crippen LogP contribution in [0, 0.1) is 5.82 Å². The Bertz CT molecular complexity index is 858. The molecule has 0 heterocycles. The third-order valence-corrected chi connectivity index (χ3v) is 5.51. The van der Waals surface area contributed by atoms with Crippen molar-refractivity contribution in [2.45, 2.75) is 52.2 Å². The molecular formula is C22H25Cl2FN2O2. The first-order valence-corrected chi connectivity index (χ1v) is 10.2. The summed E-state index contributed by atoms with van der Waals surface area (Å²) in [5, 5.41) is 3.71. The van der Waals surface area contributed by atoms with Gasteiger partial charge in [0.1, 0.15) is 11.9 Å². The summed E-state index contributed by atoms with van der Waals surface area (Å²) in [6.07, 6.45) is 0.845. The van der Waals surface area contributed by atoms with Gasteiger partial charge in [-0.05, 0) is 55.7 Å². The van der Waals surface area contributed by atoms with Gasteiger partial charge in [0.05, 0.1) is 16.5 Å². The highest BCUT2D eigenvalue weighted by Crippen LogP contribution is 2.24. The van der Waals surface area contributed by atoms with Crippen LogP contribution in [0.5, 0.6) is 0 Å². The van der Waals surface area contributed by atoms with Crippen LogP contribution < -0.4 is 5.32 Å². The molecular weight excluding hydrogens is 414 g/mol. The first-order valence-electron chi connectivity index (χ1n) is 9.49. The lowest BCUT2D eigenvalue weighted by Gasteiger charge is -2.30. The summed E-state index contributed by atoms with van der Waals surface area (Å²) in [7, 11) is 0. The van der Waals surface area contributed by atoms with Crippen molar-refractivity contribution in [1.82, 2.24) is 10.2 Å². The summed E-state index contributed by atoms with van der Waals surface area (Å²) in [6.45, 7) is 5.78. The van der Waals surface area contributed by atoms with Crippen LogP contribution in [-0.2, 0) is 22.6 Å². The van der Waals surface area contributed by atoms with Crippen LogP contribution in [0.1, 0.15) is 38.3 Å². The summed E-state index contributed by atoms with van der Waals surface area (Å²) < 4.78 is 13.2. The van der Waals surface area contributed by atoms with Crippen LogP contribution in [0.3, 0.4) is 0 Å². The van der Waals surface area contributed by atoms with E-state index in [1.165, 1.54) is 17.0 Å². The zero-order valence-corrected chi connectivity index (χ0v) is 18.2. The molecule has 2 aromatic carbocycles. The SMILES string of the molecule is CC[C@H](C)NC(=O)[C@@H](C)N(Cc1ccc(Cl)c(Cl)c1)C(=O)Cc1ccc(F)cc1. The van der Waals surface area contributed by atoms with Crippen molar-refractivity contribution >= 4 is 35.0 Å². The average Bonchev–Trinajstić information content (AvgIpc) is 2.69. The fourth-order valence-corrected chi connectivity index (χ4v) is 3.08. The Balaban J connectivity index is 2.25. The standard InChI is InChI=1S/C22H25Cl2FN2O2/c1-4-14(2)26-22(29)15(3)27(13-17-7-10-19(23)20(24)11-17)21(28)12-16-5-8-18(25)9-6-16/h5-11,14-15H,4,12-13H2,1-3H3,(H,26,29)/t14-,15+/m0/s1. The molecule has 0 aliphatic rings. The van der Waals surface area contributed by atoms with Gasteiger partial charge in [0.25, 0.3) is 0 Å². The van der Waals surface area contributed by atoms with E-state index in [0.29, 0.717) is 15.6 Å². The van der Waals surface area contributed by atoms with Gasteiger partial charge in [-0.25, -0.2) is 4.39 Å². The van der Waals surface area contributed by atoms with E-state index in [1.807, 2.05) is 13.8 Å². The quantitative estimate of drug-likeness (QED) is 0.629. The van der Waals surface area contributed by atoms with Crippen molar-refractivity contribution in [2.24, 2.45) is 0 Å². The van der Waals surface area contributed by atoms with E-state index in [4.69, 9.17) is 23.2 Å². The van der Waals surface area contributed by atoms with Crippen LogP contribution >= 0.6 is 23.2 Å². The first-order chi connectivity index (χ1) is 13.7. The van der Waals surface area contributed by atoms with Crippen LogP contribution in [-0.4, -0.2) is 28.8 Å². The normalized spacial score (nSPS) is 12.9. The molecule has 2 amide bonds. The molecule has 0 spiro atoms. The molecule has 1 N–H and O–H groups in total. The van der Waals surface area contributed by atoms with Crippen molar-refractivity contribution < 1.29 is 14.0 Å². The van der Waals surface area contributed by atoms with Gasteiger partial charge in [-0.2, -0.15) is 0 Å². The Morgan fingerprint density at radius 3 is 2.24 bits per heavy atom. The maximum absolute atomic E-state index is 13.2. The molecule has 0 bridgehead atoms. The number of halogens is 3. The van der Waals surface area contributed by atoms with E-state index in [-0.39, 0.29) is 36.6 Å². The van der Waals surface area contributed by atoms with Gasteiger partial charge in [0.2, 0.25) is 11.8 Å². The fraction of sp³-hybridized carbons (Fsp3) is 0.364. The Labute approximate surface area is 181 Å². The van der Waals surface area contributed by atoms with E-state index in [1.54, 1.807) is 37.3 Å². The van der Waals surface area contributed by atoms with Gasteiger partial charge in [-0.3, -0.25) is 9.59 Å². The lowest BCUT2D eigenvalue weighted by Crippen LogP contribution is -2.49. The minimum Gasteiger partial charge on any atom is -0.352 e. The minimum atomic E-state index is -0.689. The van der Waals surface area contributed by atoms with E-state index in [9.17, 15) is 14.0 Å². The molecule has 0 aliphatic carbocycles. The summed E-state index contributed by atoms with van der Waals surface area (Å²) in [5.74, 6) is -0.837. The van der Waals surface area contributed by atoms with E-state index >= 15 is 0 Å². The maximum Gasteiger partial charge on any atom is 0.242 e. The predicted molar refractivity (Wildman–Crippen MR) is 114 cm³/mol. The number of nitrogens with one attached hydrogen (secondary N) is 1. The summed E-state index contributed by atoms with van der Waals surface area (Å²) in [4.78, 5) is 27.2. The monoisotopic (exact) mass is 438 g/mol. The molecule has 156 valence electrons. The molecule has 2 rings (SSSR count). The zero-order chi connectivity index (χ0) is 21.6. The number of amides is 2. The third kappa shape index (κ3) is 6.72. The third-order valence-electron chi connectivity index (χ3n) is 4.77. The Morgan fingerprint density at radius 2 is 1.66 bits per heavy atom. The minimum absolute atomic E-state index is 0.00368. The lowest BCUT2D eigenvalue weighted by molar-refractivity contribution is -0.140. The smallest absolute Gasteiger partial charge is 0.242 e. The van der Waals surface area contributed by atoms with Gasteiger partial charge in [-0.1, -0.05) is 48.3 Å². The van der Waals surface area contributed by atoms with Gasteiger partial charge in [-0.15, -0.1) is 0 Å². The number of carbonyl (C=O) groups excluding carboxylic acids is 2. The lowest BCUT2D eigenvalue weighted by atomic mass is 10.1. The largest absolute Gasteiger partial charge is 0.352 e. The molecule has 2 atom stereocenters. The first kappa shape index (κ1) is 23.2. The molecule has 0 radical (unpaired) electrons. The molecule has 0 aliphatic heterocycles. The summed E-state index contributed by atoms with van der Waals surface area (Å²) in [5.41, 5.74) is 1.43. The van der Waals surface area contributed by atoms with Crippen LogP contribution in [0.25, 0.3) is 0 Å². The van der Waals surface area contributed by atoms with Gasteiger partial charge >= 0.3 is 0 Å². The second-order valence-corrected chi connectivity index (χ2v) is 7.88. The molecule has 4 nitrogen and oxygen atoms in total. The van der Waals surface area contributed by atoms with E-state index in [0.717, 1.165) is 12.0 Å². The summed E-state index contributed by atoms with van der Waals surface area (Å²) >= 11 is 12.1. The van der Waals surface area contributed by atoms with Crippen molar-refractivity contribution in [3.05, 3.63) is 69.5 Å². The van der Waals surface area contributed by atoms with E-state index < -0.39 is 6.04 Å². The number of hydrogen-bond donors (Lipinski definition) is 1. The Hall–Kier alpha value is -2.11. The molecule has 29 heavy (non-hydrogen) atoms. The number of rotatable bonds is 8. The van der Waals surface area contributed by atoms with Gasteiger partial charge < -0.3 is 10.2 Å². The number of nitrogens with zero attached hydrogens (tertiary/aromatic N) is 1. The van der Waals surface area contributed by atoms with Crippen LogP contribution in [0.15, 0.2) is 42.5 Å². The highest BCUT2D eigenvalue weighted by atomic mass is 35.5. The molecule has 0 fully saturated rings. The Morgan fingerprint density at radius 1 is 1.03 bits per heavy atom. The molecule has 0 saturated heterocycles. The molecule has 0 aromatic heterocycles. The maximum atomic E-state index is 13.2. The zero-order valence-electron chi connectivity index (χ0n) is 16.7. The molecule has 2 aromatic rings. The number of carbonyl (C=O) groups is 2. The molecule has 0 saturated carbocycles. The molecule has 0 unspecified atom stereocenters. The predicted octanol–water partition coefficient (Wildman–Crippen LogP) is 5.01. The second kappa shape index (κ2) is 10.6. The van der Waals surface area contributed by atoms with E-state index in [2.05, 4.69) is 5.32 Å². The number of hydrogen-bond acceptors (Lipinski definition) is 2. The van der Waals surface area contributed by atoms with Crippen molar-refractivity contribution in [3.63, 3.8) is 0 Å². The van der Waals surface area contributed by atoms with Gasteiger partial charge in [0.15, 0.2) is 0 Å². The fourth-order valence-electron chi connectivity index (χ4n) is 2.76. The van der Waals surface area contributed by atoms with Crippen molar-refractivity contribution in [3.8, 4) is 0 Å². The number of benzene rings is 2. The summed E-state index contributed by atoms with van der Waals surface area (Å²) in [6, 6.07) is 10.2. The highest BCUT2D eigenvalue weighted by molar-refractivity contribution is 6.42. The topological polar surface area (TPSA) is 49.4 Å². The van der Waals surface area contributed by atoms with Crippen molar-refractivity contribution in [2.75, 3.05) is 0 Å².